The highest BCUT2D eigenvalue weighted by Crippen LogP contribution is 2.35. The van der Waals surface area contributed by atoms with Gasteiger partial charge in [-0.15, -0.1) is 0 Å². The molecule has 0 radical (unpaired) electrons. The van der Waals surface area contributed by atoms with E-state index in [1.54, 1.807) is 11.3 Å². The van der Waals surface area contributed by atoms with Gasteiger partial charge in [-0.25, -0.2) is 4.99 Å². The van der Waals surface area contributed by atoms with Crippen LogP contribution >= 0.6 is 43.2 Å². The van der Waals surface area contributed by atoms with Crippen molar-refractivity contribution < 1.29 is 4.74 Å². The van der Waals surface area contributed by atoms with Gasteiger partial charge < -0.3 is 4.74 Å². The maximum atomic E-state index is 6.16. The second-order valence-electron chi connectivity index (χ2n) is 4.37. The van der Waals surface area contributed by atoms with Crippen LogP contribution in [0.15, 0.2) is 50.6 Å². The zero-order chi connectivity index (χ0) is 13.3. The van der Waals surface area contributed by atoms with Crippen molar-refractivity contribution in [1.82, 2.24) is 0 Å². The molecule has 0 aliphatic carbocycles. The topological polar surface area (TPSA) is 21.6 Å². The van der Waals surface area contributed by atoms with Crippen molar-refractivity contribution in [3.05, 3.63) is 56.7 Å². The van der Waals surface area contributed by atoms with Gasteiger partial charge in [0.2, 0.25) is 5.90 Å². The molecule has 0 amide bonds. The summed E-state index contributed by atoms with van der Waals surface area (Å²) in [5.41, 5.74) is 1.84. The first-order chi connectivity index (χ1) is 9.23. The maximum Gasteiger partial charge on any atom is 0.217 e. The van der Waals surface area contributed by atoms with Crippen LogP contribution in [-0.4, -0.2) is 17.8 Å². The Hall–Kier alpha value is -0.650. The van der Waals surface area contributed by atoms with E-state index in [0.717, 1.165) is 21.3 Å². The average molecular weight is 401 g/mol. The minimum absolute atomic E-state index is 0.359. The molecule has 0 saturated carbocycles. The summed E-state index contributed by atoms with van der Waals surface area (Å²) in [4.78, 5) is 4.57. The molecule has 0 fully saturated rings. The molecule has 1 aliphatic heterocycles. The van der Waals surface area contributed by atoms with Crippen molar-refractivity contribution in [2.24, 2.45) is 4.99 Å². The number of rotatable bonds is 3. The number of hydrogen-bond donors (Lipinski definition) is 0. The monoisotopic (exact) mass is 399 g/mol. The van der Waals surface area contributed by atoms with Gasteiger partial charge in [0.15, 0.2) is 5.60 Å². The molecule has 2 nitrogen and oxygen atoms in total. The van der Waals surface area contributed by atoms with Gasteiger partial charge in [0.05, 0.1) is 6.54 Å². The Labute approximate surface area is 132 Å². The molecule has 5 heteroatoms. The van der Waals surface area contributed by atoms with E-state index < -0.39 is 0 Å². The summed E-state index contributed by atoms with van der Waals surface area (Å²) in [5, 5.41) is 4.93. The lowest BCUT2D eigenvalue weighted by Crippen LogP contribution is -2.31. The average Bonchev–Trinajstić information content (AvgIpc) is 3.09. The van der Waals surface area contributed by atoms with Gasteiger partial charge in [-0.2, -0.15) is 11.3 Å². The van der Waals surface area contributed by atoms with Crippen LogP contribution in [0.2, 0.25) is 0 Å². The molecule has 0 bridgehead atoms. The van der Waals surface area contributed by atoms with Gasteiger partial charge in [0.1, 0.15) is 0 Å². The fourth-order valence-electron chi connectivity index (χ4n) is 2.01. The summed E-state index contributed by atoms with van der Waals surface area (Å²) >= 11 is 8.68. The molecule has 0 N–H and O–H groups in total. The highest BCUT2D eigenvalue weighted by atomic mass is 79.9. The standard InChI is InChI=1S/C14H11Br2NOS/c15-8-14(11-5-6-19-7-11)9-17-13(18-14)10-1-3-12(16)4-2-10/h1-7H,8-9H2/t14-/m0/s1. The number of halogens is 2. The highest BCUT2D eigenvalue weighted by Gasteiger charge is 2.39. The number of nitrogens with zero attached hydrogens (tertiary/aromatic N) is 1. The number of benzene rings is 1. The van der Waals surface area contributed by atoms with Crippen LogP contribution in [0.4, 0.5) is 0 Å². The van der Waals surface area contributed by atoms with Gasteiger partial charge >= 0.3 is 0 Å². The highest BCUT2D eigenvalue weighted by molar-refractivity contribution is 9.10. The van der Waals surface area contributed by atoms with Crippen LogP contribution in [0, 0.1) is 0 Å². The normalized spacial score (nSPS) is 22.1. The molecule has 1 aliphatic rings. The number of alkyl halides is 1. The van der Waals surface area contributed by atoms with E-state index in [9.17, 15) is 0 Å². The quantitative estimate of drug-likeness (QED) is 0.691. The van der Waals surface area contributed by atoms with Gasteiger partial charge in [0, 0.05) is 20.9 Å². The largest absolute Gasteiger partial charge is 0.463 e. The van der Waals surface area contributed by atoms with E-state index in [-0.39, 0.29) is 5.60 Å². The number of thiophene rings is 1. The summed E-state index contributed by atoms with van der Waals surface area (Å²) in [6.45, 7) is 0.653. The Bertz CT molecular complexity index is 594. The first kappa shape index (κ1) is 13.3. The molecule has 0 saturated heterocycles. The van der Waals surface area contributed by atoms with Crippen LogP contribution in [-0.2, 0) is 10.3 Å². The van der Waals surface area contributed by atoms with Crippen LogP contribution in [0.5, 0.6) is 0 Å². The molecule has 2 aromatic rings. The molecule has 3 rings (SSSR count). The van der Waals surface area contributed by atoms with Gasteiger partial charge in [-0.1, -0.05) is 31.9 Å². The Morgan fingerprint density at radius 2 is 2.05 bits per heavy atom. The van der Waals surface area contributed by atoms with Crippen LogP contribution < -0.4 is 0 Å². The number of aliphatic imine (C=N–C) groups is 1. The van der Waals surface area contributed by atoms with Crippen LogP contribution in [0.3, 0.4) is 0 Å². The SMILES string of the molecule is BrC[C@@]1(c2ccsc2)CN=C(c2ccc(Br)cc2)O1. The van der Waals surface area contributed by atoms with Gasteiger partial charge in [-0.3, -0.25) is 0 Å². The molecule has 1 aromatic carbocycles. The lowest BCUT2D eigenvalue weighted by atomic mass is 10.00. The third-order valence-corrected chi connectivity index (χ3v) is 5.24. The van der Waals surface area contributed by atoms with Crippen molar-refractivity contribution in [3.8, 4) is 0 Å². The Kier molecular flexibility index (Phi) is 3.78. The third kappa shape index (κ3) is 2.51. The van der Waals surface area contributed by atoms with Gasteiger partial charge in [-0.05, 0) is 41.1 Å². The van der Waals surface area contributed by atoms with Crippen molar-refractivity contribution in [3.63, 3.8) is 0 Å². The van der Waals surface area contributed by atoms with E-state index in [1.165, 1.54) is 5.56 Å². The molecule has 19 heavy (non-hydrogen) atoms. The summed E-state index contributed by atoms with van der Waals surface area (Å²) in [6.07, 6.45) is 0. The third-order valence-electron chi connectivity index (χ3n) is 3.12. The van der Waals surface area contributed by atoms with E-state index in [4.69, 9.17) is 4.74 Å². The van der Waals surface area contributed by atoms with Crippen molar-refractivity contribution in [1.29, 1.82) is 0 Å². The molecular weight excluding hydrogens is 390 g/mol. The molecular formula is C14H11Br2NOS. The molecule has 0 unspecified atom stereocenters. The zero-order valence-corrected chi connectivity index (χ0v) is 14.0. The van der Waals surface area contributed by atoms with E-state index in [1.807, 2.05) is 24.3 Å². The molecule has 98 valence electrons. The Balaban J connectivity index is 1.87. The molecule has 2 heterocycles. The maximum absolute atomic E-state index is 6.16. The van der Waals surface area contributed by atoms with Crippen molar-refractivity contribution in [2.75, 3.05) is 11.9 Å². The second-order valence-corrected chi connectivity index (χ2v) is 6.63. The number of hydrogen-bond acceptors (Lipinski definition) is 3. The zero-order valence-electron chi connectivity index (χ0n) is 9.98. The Morgan fingerprint density at radius 3 is 2.68 bits per heavy atom. The lowest BCUT2D eigenvalue weighted by Gasteiger charge is -2.25. The van der Waals surface area contributed by atoms with Crippen molar-refractivity contribution >= 4 is 49.1 Å². The smallest absolute Gasteiger partial charge is 0.217 e. The predicted molar refractivity (Wildman–Crippen MR) is 86.4 cm³/mol. The summed E-state index contributed by atoms with van der Waals surface area (Å²) in [5.74, 6) is 0.721. The first-order valence-electron chi connectivity index (χ1n) is 5.81. The minimum Gasteiger partial charge on any atom is -0.463 e. The molecule has 1 atom stereocenters. The molecule has 0 spiro atoms. The van der Waals surface area contributed by atoms with E-state index >= 15 is 0 Å². The fraction of sp³-hybridized carbons (Fsp3) is 0.214. The Morgan fingerprint density at radius 1 is 1.26 bits per heavy atom. The van der Waals surface area contributed by atoms with Gasteiger partial charge in [0.25, 0.3) is 0 Å². The van der Waals surface area contributed by atoms with Crippen LogP contribution in [0.25, 0.3) is 0 Å². The number of ether oxygens (including phenoxy) is 1. The first-order valence-corrected chi connectivity index (χ1v) is 8.67. The fourth-order valence-corrected chi connectivity index (χ4v) is 3.64. The summed E-state index contributed by atoms with van der Waals surface area (Å²) in [6, 6.07) is 10.1. The molecule has 1 aromatic heterocycles. The van der Waals surface area contributed by atoms with E-state index in [2.05, 4.69) is 53.7 Å². The minimum atomic E-state index is -0.359. The summed E-state index contributed by atoms with van der Waals surface area (Å²) in [7, 11) is 0. The lowest BCUT2D eigenvalue weighted by molar-refractivity contribution is 0.116. The van der Waals surface area contributed by atoms with Crippen molar-refractivity contribution in [2.45, 2.75) is 5.60 Å². The van der Waals surface area contributed by atoms with E-state index in [0.29, 0.717) is 6.54 Å². The summed E-state index contributed by atoms with van der Waals surface area (Å²) < 4.78 is 7.22. The predicted octanol–water partition coefficient (Wildman–Crippen LogP) is 4.58. The second kappa shape index (κ2) is 5.38. The van der Waals surface area contributed by atoms with Crippen LogP contribution in [0.1, 0.15) is 11.1 Å².